The number of nitrogens with zero attached hydrogens (tertiary/aromatic N) is 3. The zero-order chi connectivity index (χ0) is 41.1. The quantitative estimate of drug-likeness (QED) is 0.134. The lowest BCUT2D eigenvalue weighted by molar-refractivity contribution is -0.134. The van der Waals surface area contributed by atoms with Gasteiger partial charge in [-0.2, -0.15) is 0 Å². The summed E-state index contributed by atoms with van der Waals surface area (Å²) in [5.41, 5.74) is 5.64. The van der Waals surface area contributed by atoms with Crippen LogP contribution < -0.4 is 16.0 Å². The molecule has 0 bridgehead atoms. The number of carbonyl (C=O) groups is 4. The van der Waals surface area contributed by atoms with E-state index < -0.39 is 30.3 Å². The van der Waals surface area contributed by atoms with E-state index in [9.17, 15) is 19.2 Å². The van der Waals surface area contributed by atoms with Crippen molar-refractivity contribution in [2.75, 3.05) is 40.1 Å². The topological polar surface area (TPSA) is 202 Å². The van der Waals surface area contributed by atoms with Gasteiger partial charge in [-0.25, -0.2) is 19.6 Å². The van der Waals surface area contributed by atoms with Gasteiger partial charge in [-0.1, -0.05) is 61.4 Å². The number of hydrogen-bond acceptors (Lipinski definition) is 10. The van der Waals surface area contributed by atoms with E-state index >= 15 is 0 Å². The van der Waals surface area contributed by atoms with Crippen LogP contribution in [0.1, 0.15) is 88.4 Å². The number of imidazole rings is 2. The smallest absolute Gasteiger partial charge is 0.408 e. The molecule has 0 spiro atoms. The molecule has 5 heterocycles. The molecule has 4 aromatic rings. The maximum Gasteiger partial charge on any atom is 0.408 e. The molecular formula is C43H54N8O8. The summed E-state index contributed by atoms with van der Waals surface area (Å²) in [6.45, 7) is 4.49. The number of carbonyl (C=O) groups excluding carboxylic acids is 4. The highest BCUT2D eigenvalue weighted by molar-refractivity contribution is 5.86. The van der Waals surface area contributed by atoms with E-state index in [0.717, 1.165) is 65.7 Å². The summed E-state index contributed by atoms with van der Waals surface area (Å²) < 4.78 is 21.4. The number of alkyl carbamates (subject to hydrolysis) is 2. The Hall–Kier alpha value is -5.74. The SMILES string of the molecule is COC(=O)N[C@H]1CCCCCOCC[C@@H](c2ncc(-c3ccc(-c4ccc(-c5cnc([C@@H]6CCCN6C(=O)[C@H](C)NC(=O)OC6CCOCC6)[nH]5)cc4)cc3)[nH]2)NC1=O. The normalized spacial score (nSPS) is 21.4. The highest BCUT2D eigenvalue weighted by Gasteiger charge is 2.35. The van der Waals surface area contributed by atoms with Crippen molar-refractivity contribution in [3.63, 3.8) is 0 Å². The fourth-order valence-electron chi connectivity index (χ4n) is 7.83. The van der Waals surface area contributed by atoms with Crippen molar-refractivity contribution in [1.29, 1.82) is 0 Å². The molecule has 5 N–H and O–H groups in total. The molecule has 0 saturated carbocycles. The standard InChI is InChI=1S/C43H54N8O8/c1-27(46-43(55)59-32-17-22-58-23-18-32)41(53)51-20-6-8-37(51)39-45-26-36(48-39)31-15-11-29(12-16-31)28-9-13-30(14-10-28)35-25-44-38(47-35)33-19-24-57-21-5-3-4-7-34(40(52)49-33)50-42(54)56-2/h9-16,25-27,32-34,37H,3-8,17-24H2,1-2H3,(H,44,47)(H,45,48)(H,46,55)(H,49,52)(H,50,54)/t27-,33-,34-,37-/m0/s1. The van der Waals surface area contributed by atoms with Gasteiger partial charge in [0.05, 0.1) is 56.2 Å². The van der Waals surface area contributed by atoms with Crippen molar-refractivity contribution in [3.8, 4) is 33.6 Å². The Bertz CT molecular complexity index is 2030. The molecule has 2 aromatic carbocycles. The van der Waals surface area contributed by atoms with Crippen LogP contribution >= 0.6 is 0 Å². The van der Waals surface area contributed by atoms with Gasteiger partial charge in [0.2, 0.25) is 11.8 Å². The molecule has 4 amide bonds. The third-order valence-electron chi connectivity index (χ3n) is 11.2. The molecule has 4 atom stereocenters. The molecule has 2 aromatic heterocycles. The van der Waals surface area contributed by atoms with Crippen LogP contribution in [0.5, 0.6) is 0 Å². The van der Waals surface area contributed by atoms with Gasteiger partial charge >= 0.3 is 12.2 Å². The zero-order valence-electron chi connectivity index (χ0n) is 33.7. The molecule has 7 rings (SSSR count). The predicted molar refractivity (Wildman–Crippen MR) is 218 cm³/mol. The highest BCUT2D eigenvalue weighted by Crippen LogP contribution is 2.33. The second-order valence-corrected chi connectivity index (χ2v) is 15.3. The maximum absolute atomic E-state index is 13.4. The molecule has 16 nitrogen and oxygen atoms in total. The van der Waals surface area contributed by atoms with E-state index in [1.807, 2.05) is 24.3 Å². The molecule has 3 aliphatic rings. The Morgan fingerprint density at radius 3 is 2.03 bits per heavy atom. The lowest BCUT2D eigenvalue weighted by Crippen LogP contribution is -2.48. The van der Waals surface area contributed by atoms with Gasteiger partial charge in [-0.3, -0.25) is 9.59 Å². The van der Waals surface area contributed by atoms with E-state index in [2.05, 4.69) is 60.2 Å². The van der Waals surface area contributed by atoms with Crippen LogP contribution in [-0.4, -0.2) is 107 Å². The minimum absolute atomic E-state index is 0.169. The Morgan fingerprint density at radius 2 is 1.36 bits per heavy atom. The second kappa shape index (κ2) is 19.8. The molecule has 16 heteroatoms. The Balaban J connectivity index is 0.961. The summed E-state index contributed by atoms with van der Waals surface area (Å²) in [4.78, 5) is 69.1. The molecule has 3 fully saturated rings. The monoisotopic (exact) mass is 810 g/mol. The van der Waals surface area contributed by atoms with Gasteiger partial charge < -0.3 is 49.8 Å². The number of benzene rings is 2. The Labute approximate surface area is 343 Å². The molecule has 0 unspecified atom stereocenters. The lowest BCUT2D eigenvalue weighted by atomic mass is 10.0. The van der Waals surface area contributed by atoms with Crippen LogP contribution in [0.15, 0.2) is 60.9 Å². The average Bonchev–Trinajstić information content (AvgIpc) is 4.05. The van der Waals surface area contributed by atoms with E-state index in [1.165, 1.54) is 7.11 Å². The fraction of sp³-hybridized carbons (Fsp3) is 0.488. The van der Waals surface area contributed by atoms with E-state index in [1.54, 1.807) is 24.2 Å². The van der Waals surface area contributed by atoms with Crippen LogP contribution in [0.4, 0.5) is 9.59 Å². The molecule has 314 valence electrons. The van der Waals surface area contributed by atoms with Gasteiger partial charge in [0.15, 0.2) is 0 Å². The van der Waals surface area contributed by atoms with Crippen molar-refractivity contribution in [2.45, 2.75) is 95.0 Å². The number of methoxy groups -OCH3 is 1. The number of H-pyrrole nitrogens is 2. The van der Waals surface area contributed by atoms with Crippen LogP contribution in [0, 0.1) is 0 Å². The van der Waals surface area contributed by atoms with Crippen molar-refractivity contribution in [1.82, 2.24) is 40.8 Å². The molecule has 3 aliphatic heterocycles. The van der Waals surface area contributed by atoms with E-state index in [4.69, 9.17) is 18.9 Å². The highest BCUT2D eigenvalue weighted by atomic mass is 16.6. The largest absolute Gasteiger partial charge is 0.453 e. The number of rotatable bonds is 9. The first kappa shape index (κ1) is 41.4. The summed E-state index contributed by atoms with van der Waals surface area (Å²) >= 11 is 0. The number of nitrogens with one attached hydrogen (secondary N) is 5. The van der Waals surface area contributed by atoms with E-state index in [0.29, 0.717) is 70.3 Å². The number of ether oxygens (including phenoxy) is 4. The first-order valence-corrected chi connectivity index (χ1v) is 20.6. The Morgan fingerprint density at radius 1 is 0.746 bits per heavy atom. The van der Waals surface area contributed by atoms with Crippen molar-refractivity contribution < 1.29 is 38.1 Å². The first-order valence-electron chi connectivity index (χ1n) is 20.6. The van der Waals surface area contributed by atoms with Crippen LogP contribution in [-0.2, 0) is 28.5 Å². The minimum Gasteiger partial charge on any atom is -0.453 e. The number of aromatic nitrogens is 4. The van der Waals surface area contributed by atoms with Gasteiger partial charge in [0.1, 0.15) is 29.8 Å². The third-order valence-corrected chi connectivity index (χ3v) is 11.2. The predicted octanol–water partition coefficient (Wildman–Crippen LogP) is 5.95. The van der Waals surface area contributed by atoms with Gasteiger partial charge in [0.25, 0.3) is 0 Å². The van der Waals surface area contributed by atoms with Gasteiger partial charge in [-0.15, -0.1) is 0 Å². The molecule has 3 saturated heterocycles. The van der Waals surface area contributed by atoms with Crippen molar-refractivity contribution >= 4 is 24.0 Å². The van der Waals surface area contributed by atoms with Crippen molar-refractivity contribution in [3.05, 3.63) is 72.6 Å². The number of amides is 4. The number of aromatic amines is 2. The number of likely N-dealkylation sites (tertiary alicyclic amines) is 1. The minimum atomic E-state index is -0.733. The molecule has 0 radical (unpaired) electrons. The maximum atomic E-state index is 13.4. The second-order valence-electron chi connectivity index (χ2n) is 15.3. The van der Waals surface area contributed by atoms with Gasteiger partial charge in [-0.05, 0) is 61.3 Å². The summed E-state index contributed by atoms with van der Waals surface area (Å²) in [5.74, 6) is 0.860. The molecule has 59 heavy (non-hydrogen) atoms. The Kier molecular flexibility index (Phi) is 13.9. The lowest BCUT2D eigenvalue weighted by Gasteiger charge is -2.27. The summed E-state index contributed by atoms with van der Waals surface area (Å²) in [7, 11) is 1.28. The van der Waals surface area contributed by atoms with Gasteiger partial charge in [0, 0.05) is 32.6 Å². The summed E-state index contributed by atoms with van der Waals surface area (Å²) in [6, 6.07) is 14.3. The van der Waals surface area contributed by atoms with Crippen LogP contribution in [0.25, 0.3) is 33.6 Å². The van der Waals surface area contributed by atoms with Crippen molar-refractivity contribution in [2.24, 2.45) is 0 Å². The average molecular weight is 811 g/mol. The fourth-order valence-corrected chi connectivity index (χ4v) is 7.83. The summed E-state index contributed by atoms with van der Waals surface area (Å²) in [6.07, 6.45) is 8.62. The number of hydrogen-bond donors (Lipinski definition) is 5. The van der Waals surface area contributed by atoms with Crippen LogP contribution in [0.3, 0.4) is 0 Å². The third kappa shape index (κ3) is 10.7. The molecular weight excluding hydrogens is 757 g/mol. The van der Waals surface area contributed by atoms with E-state index in [-0.39, 0.29) is 24.0 Å². The first-order chi connectivity index (χ1) is 28.7. The van der Waals surface area contributed by atoms with Crippen LogP contribution in [0.2, 0.25) is 0 Å². The molecule has 0 aliphatic carbocycles. The summed E-state index contributed by atoms with van der Waals surface area (Å²) in [5, 5.41) is 8.44. The zero-order valence-corrected chi connectivity index (χ0v) is 33.7.